The lowest BCUT2D eigenvalue weighted by Gasteiger charge is -2.13. The lowest BCUT2D eigenvalue weighted by molar-refractivity contribution is -0.121. The minimum Gasteiger partial charge on any atom is -0.356 e. The Balaban J connectivity index is 1.41. The number of nitrogens with one attached hydrogen (secondary N) is 1. The molecule has 7 heteroatoms. The highest BCUT2D eigenvalue weighted by molar-refractivity contribution is 6.34. The van der Waals surface area contributed by atoms with Gasteiger partial charge in [0.2, 0.25) is 5.91 Å². The van der Waals surface area contributed by atoms with Crippen LogP contribution in [-0.4, -0.2) is 35.7 Å². The van der Waals surface area contributed by atoms with Crippen molar-refractivity contribution in [2.24, 2.45) is 0 Å². The van der Waals surface area contributed by atoms with Crippen LogP contribution in [0.25, 0.3) is 0 Å². The lowest BCUT2D eigenvalue weighted by Crippen LogP contribution is -2.32. The molecule has 140 valence electrons. The molecular weight excluding hydrogens is 387 g/mol. The van der Waals surface area contributed by atoms with E-state index in [0.29, 0.717) is 40.6 Å². The van der Waals surface area contributed by atoms with Crippen LogP contribution in [0.5, 0.6) is 0 Å². The Morgan fingerprint density at radius 1 is 0.963 bits per heavy atom. The van der Waals surface area contributed by atoms with Crippen LogP contribution in [0.4, 0.5) is 0 Å². The lowest BCUT2D eigenvalue weighted by atomic mass is 10.1. The maximum Gasteiger partial charge on any atom is 0.261 e. The van der Waals surface area contributed by atoms with Crippen molar-refractivity contribution in [2.45, 2.75) is 19.3 Å². The van der Waals surface area contributed by atoms with Gasteiger partial charge in [-0.05, 0) is 48.7 Å². The Morgan fingerprint density at radius 2 is 1.56 bits per heavy atom. The van der Waals surface area contributed by atoms with E-state index < -0.39 is 0 Å². The summed E-state index contributed by atoms with van der Waals surface area (Å²) in [4.78, 5) is 37.7. The fourth-order valence-corrected chi connectivity index (χ4v) is 3.60. The van der Waals surface area contributed by atoms with Crippen molar-refractivity contribution in [3.8, 4) is 0 Å². The minimum atomic E-state index is -0.297. The van der Waals surface area contributed by atoms with Crippen LogP contribution >= 0.6 is 23.2 Å². The van der Waals surface area contributed by atoms with E-state index in [1.165, 1.54) is 4.90 Å². The molecule has 5 nitrogen and oxygen atoms in total. The van der Waals surface area contributed by atoms with Crippen LogP contribution in [0.3, 0.4) is 0 Å². The molecule has 3 amide bonds. The average molecular weight is 405 g/mol. The van der Waals surface area contributed by atoms with Gasteiger partial charge in [0.15, 0.2) is 0 Å². The summed E-state index contributed by atoms with van der Waals surface area (Å²) in [5.41, 5.74) is 1.79. The molecule has 0 aromatic heterocycles. The maximum atomic E-state index is 12.2. The second-order valence-corrected chi connectivity index (χ2v) is 7.16. The Morgan fingerprint density at radius 3 is 2.15 bits per heavy atom. The molecule has 0 atom stereocenters. The first-order valence-electron chi connectivity index (χ1n) is 8.62. The van der Waals surface area contributed by atoms with E-state index in [9.17, 15) is 14.4 Å². The van der Waals surface area contributed by atoms with Crippen LogP contribution in [0.2, 0.25) is 10.0 Å². The predicted octanol–water partition coefficient (Wildman–Crippen LogP) is 3.73. The van der Waals surface area contributed by atoms with Crippen molar-refractivity contribution in [1.82, 2.24) is 10.2 Å². The fourth-order valence-electron chi connectivity index (χ4n) is 3.03. The van der Waals surface area contributed by atoms with Gasteiger partial charge >= 0.3 is 0 Å². The number of benzene rings is 2. The molecular formula is C20H18Cl2N2O3. The van der Waals surface area contributed by atoms with E-state index in [0.717, 1.165) is 5.56 Å². The zero-order valence-electron chi connectivity index (χ0n) is 14.5. The number of hydrogen-bond donors (Lipinski definition) is 1. The second-order valence-electron chi connectivity index (χ2n) is 6.29. The van der Waals surface area contributed by atoms with Crippen LogP contribution in [0.1, 0.15) is 39.1 Å². The summed E-state index contributed by atoms with van der Waals surface area (Å²) in [6, 6.07) is 12.0. The standard InChI is InChI=1S/C20H18Cl2N2O3/c21-14-10-13(11-15(22)12-14)7-8-23-18(25)6-3-9-24-19(26)16-4-1-2-5-17(16)20(24)27/h1-2,4-5,10-12H,3,6-9H2,(H,23,25). The normalized spacial score (nSPS) is 13.0. The van der Waals surface area contributed by atoms with Crippen molar-refractivity contribution in [3.63, 3.8) is 0 Å². The monoisotopic (exact) mass is 404 g/mol. The molecule has 1 aliphatic heterocycles. The number of imide groups is 1. The van der Waals surface area contributed by atoms with E-state index in [1.807, 2.05) is 12.1 Å². The van der Waals surface area contributed by atoms with Gasteiger partial charge in [-0.25, -0.2) is 0 Å². The van der Waals surface area contributed by atoms with Crippen LogP contribution < -0.4 is 5.32 Å². The summed E-state index contributed by atoms with van der Waals surface area (Å²) >= 11 is 11.9. The number of hydrogen-bond acceptors (Lipinski definition) is 3. The number of rotatable bonds is 7. The Kier molecular flexibility index (Phi) is 6.14. The Labute approximate surface area is 167 Å². The predicted molar refractivity (Wildman–Crippen MR) is 104 cm³/mol. The first-order chi connectivity index (χ1) is 13.0. The van der Waals surface area contributed by atoms with Crippen LogP contribution in [0.15, 0.2) is 42.5 Å². The van der Waals surface area contributed by atoms with Gasteiger partial charge in [-0.15, -0.1) is 0 Å². The molecule has 1 N–H and O–H groups in total. The number of carbonyl (C=O) groups excluding carboxylic acids is 3. The van der Waals surface area contributed by atoms with Crippen LogP contribution in [-0.2, 0) is 11.2 Å². The number of fused-ring (bicyclic) bond motifs is 1. The molecule has 0 radical (unpaired) electrons. The van der Waals surface area contributed by atoms with Gasteiger partial charge in [0.05, 0.1) is 11.1 Å². The zero-order chi connectivity index (χ0) is 19.4. The van der Waals surface area contributed by atoms with Crippen LogP contribution in [0, 0.1) is 0 Å². The van der Waals surface area contributed by atoms with Crippen molar-refractivity contribution in [1.29, 1.82) is 0 Å². The molecule has 1 aliphatic rings. The molecule has 0 saturated heterocycles. The van der Waals surface area contributed by atoms with Gasteiger partial charge in [0.1, 0.15) is 0 Å². The average Bonchev–Trinajstić information content (AvgIpc) is 2.86. The molecule has 2 aromatic rings. The topological polar surface area (TPSA) is 66.5 Å². The summed E-state index contributed by atoms with van der Waals surface area (Å²) in [7, 11) is 0. The van der Waals surface area contributed by atoms with Gasteiger partial charge in [-0.3, -0.25) is 19.3 Å². The minimum absolute atomic E-state index is 0.125. The highest BCUT2D eigenvalue weighted by Crippen LogP contribution is 2.22. The highest BCUT2D eigenvalue weighted by Gasteiger charge is 2.34. The summed E-state index contributed by atoms with van der Waals surface area (Å²) in [6.07, 6.45) is 1.27. The fraction of sp³-hybridized carbons (Fsp3) is 0.250. The molecule has 3 rings (SSSR count). The van der Waals surface area contributed by atoms with Gasteiger partial charge < -0.3 is 5.32 Å². The molecule has 0 bridgehead atoms. The molecule has 0 spiro atoms. The molecule has 2 aromatic carbocycles. The SMILES string of the molecule is O=C(CCCN1C(=O)c2ccccc2C1=O)NCCc1cc(Cl)cc(Cl)c1. The van der Waals surface area contributed by atoms with Crippen molar-refractivity contribution in [2.75, 3.05) is 13.1 Å². The number of carbonyl (C=O) groups is 3. The molecule has 0 fully saturated rings. The molecule has 27 heavy (non-hydrogen) atoms. The first kappa shape index (κ1) is 19.4. The van der Waals surface area contributed by atoms with Crippen molar-refractivity contribution >= 4 is 40.9 Å². The molecule has 0 aliphatic carbocycles. The highest BCUT2D eigenvalue weighted by atomic mass is 35.5. The van der Waals surface area contributed by atoms with Gasteiger partial charge in [-0.1, -0.05) is 35.3 Å². The number of nitrogens with zero attached hydrogens (tertiary/aromatic N) is 1. The second kappa shape index (κ2) is 8.55. The zero-order valence-corrected chi connectivity index (χ0v) is 16.0. The third kappa shape index (κ3) is 4.67. The van der Waals surface area contributed by atoms with Crippen molar-refractivity contribution < 1.29 is 14.4 Å². The number of halogens is 2. The Bertz CT molecular complexity index is 843. The first-order valence-corrected chi connectivity index (χ1v) is 9.38. The van der Waals surface area contributed by atoms with E-state index in [1.54, 1.807) is 30.3 Å². The molecule has 1 heterocycles. The summed E-state index contributed by atoms with van der Waals surface area (Å²) in [6.45, 7) is 0.687. The smallest absolute Gasteiger partial charge is 0.261 e. The van der Waals surface area contributed by atoms with Gasteiger partial charge in [-0.2, -0.15) is 0 Å². The van der Waals surface area contributed by atoms with E-state index >= 15 is 0 Å². The maximum absolute atomic E-state index is 12.2. The molecule has 0 unspecified atom stereocenters. The van der Waals surface area contributed by atoms with E-state index in [4.69, 9.17) is 23.2 Å². The molecule has 0 saturated carbocycles. The summed E-state index contributed by atoms with van der Waals surface area (Å²) in [5, 5.41) is 3.94. The third-order valence-corrected chi connectivity index (χ3v) is 4.76. The largest absolute Gasteiger partial charge is 0.356 e. The summed E-state index contributed by atoms with van der Waals surface area (Å²) < 4.78 is 0. The third-order valence-electron chi connectivity index (χ3n) is 4.32. The quantitative estimate of drug-likeness (QED) is 0.714. The van der Waals surface area contributed by atoms with Gasteiger partial charge in [0, 0.05) is 29.6 Å². The van der Waals surface area contributed by atoms with Gasteiger partial charge in [0.25, 0.3) is 11.8 Å². The number of amides is 3. The Hall–Kier alpha value is -2.37. The van der Waals surface area contributed by atoms with E-state index in [-0.39, 0.29) is 30.7 Å². The summed E-state index contributed by atoms with van der Waals surface area (Å²) in [5.74, 6) is -0.720. The van der Waals surface area contributed by atoms with E-state index in [2.05, 4.69) is 5.32 Å². The van der Waals surface area contributed by atoms with Crippen molar-refractivity contribution in [3.05, 3.63) is 69.2 Å².